The van der Waals surface area contributed by atoms with E-state index >= 15 is 0 Å². The van der Waals surface area contributed by atoms with Crippen LogP contribution < -0.4 is 11.1 Å². The number of hydrogen-bond acceptors (Lipinski definition) is 4. The third kappa shape index (κ3) is 3.57. The molecule has 0 fully saturated rings. The summed E-state index contributed by atoms with van der Waals surface area (Å²) < 4.78 is 41.1. The largest absolute Gasteiger partial charge is 0.478 e. The van der Waals surface area contributed by atoms with Gasteiger partial charge < -0.3 is 16.2 Å². The van der Waals surface area contributed by atoms with Crippen LogP contribution in [0.5, 0.6) is 0 Å². The maximum atomic E-state index is 14.2. The zero-order chi connectivity index (χ0) is 18.8. The van der Waals surface area contributed by atoms with E-state index in [1.165, 1.54) is 6.07 Å². The van der Waals surface area contributed by atoms with Crippen molar-refractivity contribution in [1.29, 1.82) is 0 Å². The number of aromatic nitrogens is 1. The number of primary amides is 1. The summed E-state index contributed by atoms with van der Waals surface area (Å²) in [5, 5.41) is 10.8. The lowest BCUT2D eigenvalue weighted by Crippen LogP contribution is -2.34. The van der Waals surface area contributed by atoms with E-state index in [-0.39, 0.29) is 0 Å². The first-order valence-electron chi connectivity index (χ1n) is 6.62. The number of pyridine rings is 1. The Balaban J connectivity index is 2.44. The van der Waals surface area contributed by atoms with Gasteiger partial charge in [0.2, 0.25) is 0 Å². The molecule has 2 aromatic rings. The van der Waals surface area contributed by atoms with Crippen LogP contribution in [0.25, 0.3) is 0 Å². The highest BCUT2D eigenvalue weighted by molar-refractivity contribution is 6.10. The van der Waals surface area contributed by atoms with Crippen molar-refractivity contribution in [2.24, 2.45) is 5.73 Å². The van der Waals surface area contributed by atoms with Crippen LogP contribution in [-0.4, -0.2) is 27.9 Å². The molecule has 0 saturated heterocycles. The molecule has 0 unspecified atom stereocenters. The van der Waals surface area contributed by atoms with Gasteiger partial charge >= 0.3 is 17.8 Å². The molecule has 1 heterocycles. The van der Waals surface area contributed by atoms with E-state index in [1.54, 1.807) is 5.32 Å². The molecule has 2 amide bonds. The Hall–Kier alpha value is -3.43. The standard InChI is InChI=1S/C15H10F3N3O4/c16-7-4-5-10(20-6-7)15(17,18)14(25)21-11-8(12(19)22)2-1-3-9(11)13(23)24/h1-6H,(H2,19,22)(H,21,25)(H,23,24). The molecule has 0 aliphatic carbocycles. The Bertz CT molecular complexity index is 821. The summed E-state index contributed by atoms with van der Waals surface area (Å²) in [6.45, 7) is 0. The number of rotatable bonds is 5. The molecular weight excluding hydrogens is 343 g/mol. The Kier molecular flexibility index (Phi) is 4.72. The van der Waals surface area contributed by atoms with Crippen molar-refractivity contribution in [1.82, 2.24) is 4.98 Å². The Labute approximate surface area is 138 Å². The van der Waals surface area contributed by atoms with Crippen LogP contribution in [0.15, 0.2) is 36.5 Å². The minimum absolute atomic E-state index is 0.462. The number of aromatic carboxylic acids is 1. The third-order valence-electron chi connectivity index (χ3n) is 3.13. The first-order chi connectivity index (χ1) is 11.6. The first kappa shape index (κ1) is 17.9. The van der Waals surface area contributed by atoms with Gasteiger partial charge in [-0.1, -0.05) is 6.07 Å². The summed E-state index contributed by atoms with van der Waals surface area (Å²) in [7, 11) is 0. The SMILES string of the molecule is NC(=O)c1cccc(C(=O)O)c1NC(=O)C(F)(F)c1ccc(F)cn1. The molecule has 0 aliphatic heterocycles. The average Bonchev–Trinajstić information content (AvgIpc) is 2.54. The van der Waals surface area contributed by atoms with Gasteiger partial charge in [0.05, 0.1) is 23.0 Å². The highest BCUT2D eigenvalue weighted by Gasteiger charge is 2.43. The van der Waals surface area contributed by atoms with Crippen LogP contribution in [-0.2, 0) is 10.7 Å². The molecule has 0 radical (unpaired) electrons. The van der Waals surface area contributed by atoms with Crippen molar-refractivity contribution in [2.75, 3.05) is 5.32 Å². The zero-order valence-corrected chi connectivity index (χ0v) is 12.3. The van der Waals surface area contributed by atoms with Gasteiger partial charge in [-0.25, -0.2) is 9.18 Å². The summed E-state index contributed by atoms with van der Waals surface area (Å²) in [5.41, 5.74) is 2.28. The van der Waals surface area contributed by atoms with E-state index in [0.717, 1.165) is 12.1 Å². The number of nitrogens with zero attached hydrogens (tertiary/aromatic N) is 1. The number of halogens is 3. The second-order valence-corrected chi connectivity index (χ2v) is 4.79. The number of carbonyl (C=O) groups is 3. The van der Waals surface area contributed by atoms with Crippen molar-refractivity contribution in [3.05, 3.63) is 59.2 Å². The fourth-order valence-electron chi connectivity index (χ4n) is 1.94. The van der Waals surface area contributed by atoms with Gasteiger partial charge in [0.15, 0.2) is 0 Å². The van der Waals surface area contributed by atoms with Gasteiger partial charge in [0, 0.05) is 0 Å². The number of para-hydroxylation sites is 1. The lowest BCUT2D eigenvalue weighted by Gasteiger charge is -2.17. The maximum absolute atomic E-state index is 14.2. The van der Waals surface area contributed by atoms with Gasteiger partial charge in [0.1, 0.15) is 11.5 Å². The molecule has 130 valence electrons. The number of carbonyl (C=O) groups excluding carboxylic acids is 2. The highest BCUT2D eigenvalue weighted by Crippen LogP contribution is 2.30. The zero-order valence-electron chi connectivity index (χ0n) is 12.3. The summed E-state index contributed by atoms with van der Waals surface area (Å²) >= 11 is 0. The van der Waals surface area contributed by atoms with Crippen LogP contribution in [0.2, 0.25) is 0 Å². The number of alkyl halides is 2. The summed E-state index contributed by atoms with van der Waals surface area (Å²) in [6.07, 6.45) is 0.497. The van der Waals surface area contributed by atoms with Crippen LogP contribution in [0, 0.1) is 5.82 Å². The first-order valence-corrected chi connectivity index (χ1v) is 6.62. The number of hydrogen-bond donors (Lipinski definition) is 3. The number of amides is 2. The molecule has 0 atom stereocenters. The summed E-state index contributed by atoms with van der Waals surface area (Å²) in [6, 6.07) is 4.52. The lowest BCUT2D eigenvalue weighted by molar-refractivity contribution is -0.141. The molecule has 10 heteroatoms. The van der Waals surface area contributed by atoms with E-state index in [2.05, 4.69) is 4.98 Å². The second kappa shape index (κ2) is 6.59. The maximum Gasteiger partial charge on any atom is 0.366 e. The second-order valence-electron chi connectivity index (χ2n) is 4.79. The third-order valence-corrected chi connectivity index (χ3v) is 3.13. The number of carboxylic acids is 1. The van der Waals surface area contributed by atoms with Crippen molar-refractivity contribution in [3.63, 3.8) is 0 Å². The topological polar surface area (TPSA) is 122 Å². The van der Waals surface area contributed by atoms with E-state index in [0.29, 0.717) is 18.3 Å². The molecule has 0 saturated carbocycles. The molecule has 7 nitrogen and oxygen atoms in total. The predicted molar refractivity (Wildman–Crippen MR) is 78.6 cm³/mol. The summed E-state index contributed by atoms with van der Waals surface area (Å²) in [5.74, 6) is -9.74. The van der Waals surface area contributed by atoms with Crippen LogP contribution in [0.3, 0.4) is 0 Å². The Morgan fingerprint density at radius 2 is 1.76 bits per heavy atom. The molecule has 0 aliphatic rings. The Morgan fingerprint density at radius 1 is 1.12 bits per heavy atom. The average molecular weight is 353 g/mol. The smallest absolute Gasteiger partial charge is 0.366 e. The van der Waals surface area contributed by atoms with Gasteiger partial charge in [-0.05, 0) is 24.3 Å². The fourth-order valence-corrected chi connectivity index (χ4v) is 1.94. The van der Waals surface area contributed by atoms with Crippen molar-refractivity contribution in [2.45, 2.75) is 5.92 Å². The van der Waals surface area contributed by atoms with E-state index < -0.39 is 52.0 Å². The number of anilines is 1. The minimum atomic E-state index is -4.21. The highest BCUT2D eigenvalue weighted by atomic mass is 19.3. The monoisotopic (exact) mass is 353 g/mol. The van der Waals surface area contributed by atoms with Gasteiger partial charge in [-0.2, -0.15) is 8.78 Å². The van der Waals surface area contributed by atoms with Crippen molar-refractivity contribution < 1.29 is 32.7 Å². The molecule has 1 aromatic heterocycles. The molecule has 2 rings (SSSR count). The van der Waals surface area contributed by atoms with Crippen LogP contribution in [0.4, 0.5) is 18.9 Å². The van der Waals surface area contributed by atoms with Crippen molar-refractivity contribution in [3.8, 4) is 0 Å². The molecule has 0 bridgehead atoms. The number of nitrogens with two attached hydrogens (primary N) is 1. The van der Waals surface area contributed by atoms with E-state index in [9.17, 15) is 27.6 Å². The Morgan fingerprint density at radius 3 is 2.28 bits per heavy atom. The van der Waals surface area contributed by atoms with Gasteiger partial charge in [-0.15, -0.1) is 0 Å². The van der Waals surface area contributed by atoms with Gasteiger partial charge in [0.25, 0.3) is 5.91 Å². The van der Waals surface area contributed by atoms with Crippen LogP contribution in [0.1, 0.15) is 26.4 Å². The van der Waals surface area contributed by atoms with Crippen LogP contribution >= 0.6 is 0 Å². The van der Waals surface area contributed by atoms with Crippen molar-refractivity contribution >= 4 is 23.5 Å². The number of carboxylic acid groups (broad SMARTS) is 1. The summed E-state index contributed by atoms with van der Waals surface area (Å²) in [4.78, 5) is 37.6. The van der Waals surface area contributed by atoms with Gasteiger partial charge in [-0.3, -0.25) is 14.6 Å². The minimum Gasteiger partial charge on any atom is -0.478 e. The normalized spacial score (nSPS) is 11.0. The van der Waals surface area contributed by atoms with E-state index in [4.69, 9.17) is 10.8 Å². The predicted octanol–water partition coefficient (Wildman–Crippen LogP) is 1.75. The number of nitrogens with one attached hydrogen (secondary N) is 1. The molecule has 1 aromatic carbocycles. The number of benzene rings is 1. The molecule has 25 heavy (non-hydrogen) atoms. The lowest BCUT2D eigenvalue weighted by atomic mass is 10.1. The molecule has 0 spiro atoms. The quantitative estimate of drug-likeness (QED) is 0.756. The van der Waals surface area contributed by atoms with E-state index in [1.807, 2.05) is 0 Å². The fraction of sp³-hybridized carbons (Fsp3) is 0.0667. The molecular formula is C15H10F3N3O4. The molecule has 4 N–H and O–H groups in total.